The number of hydrogen-bond acceptors (Lipinski definition) is 6. The van der Waals surface area contributed by atoms with Gasteiger partial charge in [-0.1, -0.05) is 50.5 Å². The van der Waals surface area contributed by atoms with Crippen LogP contribution in [-0.4, -0.2) is 26.9 Å². The van der Waals surface area contributed by atoms with Crippen molar-refractivity contribution in [3.05, 3.63) is 59.4 Å². The minimum absolute atomic E-state index is 0.00231. The molecule has 3 aliphatic rings. The number of nitrogens with zero attached hydrogens (tertiary/aromatic N) is 3. The number of fused-ring (bicyclic) bond motifs is 1. The highest BCUT2D eigenvalue weighted by atomic mass is 16.5. The largest absolute Gasteiger partial charge is 0.341 e. The second-order valence-corrected chi connectivity index (χ2v) is 11.9. The minimum atomic E-state index is -0.344. The fourth-order valence-corrected chi connectivity index (χ4v) is 5.47. The van der Waals surface area contributed by atoms with Crippen molar-refractivity contribution in [3.63, 3.8) is 0 Å². The Morgan fingerprint density at radius 1 is 1.08 bits per heavy atom. The summed E-state index contributed by atoms with van der Waals surface area (Å²) in [6, 6.07) is 10.2. The third-order valence-electron chi connectivity index (χ3n) is 8.05. The van der Waals surface area contributed by atoms with Crippen molar-refractivity contribution in [2.45, 2.75) is 77.2 Å². The lowest BCUT2D eigenvalue weighted by Crippen LogP contribution is -2.29. The van der Waals surface area contributed by atoms with E-state index in [-0.39, 0.29) is 35.1 Å². The number of aromatic nitrogens is 3. The lowest BCUT2D eigenvalue weighted by atomic mass is 9.94. The lowest BCUT2D eigenvalue weighted by molar-refractivity contribution is -0.117. The highest BCUT2D eigenvalue weighted by Crippen LogP contribution is 2.70. The van der Waals surface area contributed by atoms with Crippen LogP contribution in [0.25, 0.3) is 11.1 Å². The van der Waals surface area contributed by atoms with Crippen molar-refractivity contribution in [2.75, 3.05) is 5.32 Å². The molecule has 0 unspecified atom stereocenters. The molecule has 192 valence electrons. The quantitative estimate of drug-likeness (QED) is 0.457. The van der Waals surface area contributed by atoms with Gasteiger partial charge in [0.05, 0.1) is 6.04 Å². The van der Waals surface area contributed by atoms with Crippen LogP contribution in [0.2, 0.25) is 0 Å². The number of amides is 2. The zero-order chi connectivity index (χ0) is 25.8. The fourth-order valence-electron chi connectivity index (χ4n) is 5.47. The molecule has 1 spiro atoms. The van der Waals surface area contributed by atoms with Crippen molar-refractivity contribution >= 4 is 17.6 Å². The molecule has 2 fully saturated rings. The molecule has 1 aromatic carbocycles. The van der Waals surface area contributed by atoms with Crippen LogP contribution in [0.1, 0.15) is 93.0 Å². The van der Waals surface area contributed by atoms with E-state index in [1.165, 1.54) is 18.4 Å². The maximum atomic E-state index is 12.9. The van der Waals surface area contributed by atoms with Crippen molar-refractivity contribution < 1.29 is 14.1 Å². The first-order valence-electron chi connectivity index (χ1n) is 13.3. The number of carbonyl (C=O) groups is 2. The Hall–Kier alpha value is -3.55. The van der Waals surface area contributed by atoms with E-state index in [0.29, 0.717) is 17.1 Å². The van der Waals surface area contributed by atoms with E-state index in [1.54, 1.807) is 6.20 Å². The smallest absolute Gasteiger partial charge is 0.315 e. The van der Waals surface area contributed by atoms with E-state index < -0.39 is 0 Å². The van der Waals surface area contributed by atoms with Crippen molar-refractivity contribution in [1.82, 2.24) is 20.4 Å². The molecule has 2 N–H and O–H groups in total. The van der Waals surface area contributed by atoms with Gasteiger partial charge in [0.2, 0.25) is 5.91 Å². The van der Waals surface area contributed by atoms with E-state index >= 15 is 0 Å². The van der Waals surface area contributed by atoms with Crippen molar-refractivity contribution in [3.8, 4) is 11.1 Å². The molecule has 2 heterocycles. The average molecular weight is 500 g/mol. The molecule has 37 heavy (non-hydrogen) atoms. The van der Waals surface area contributed by atoms with Crippen LogP contribution in [0.4, 0.5) is 5.82 Å². The zero-order valence-electron chi connectivity index (χ0n) is 21.6. The summed E-state index contributed by atoms with van der Waals surface area (Å²) in [6.45, 7) is 5.94. The summed E-state index contributed by atoms with van der Waals surface area (Å²) in [5, 5.41) is 10.1. The number of carbonyl (C=O) groups excluding carboxylic acids is 2. The SMILES string of the molecule is CC(C)(C)c1noc(C(=O)N[C@H]2CCCCc3cc(-c4ccnc(NC(=O)[C@H]5CC56CC6)c4)ccc32)n1. The fraction of sp³-hybridized carbons (Fsp3) is 0.483. The van der Waals surface area contributed by atoms with Gasteiger partial charge in [-0.3, -0.25) is 9.59 Å². The molecule has 3 aromatic rings. The Labute approximate surface area is 216 Å². The van der Waals surface area contributed by atoms with Gasteiger partial charge in [0.15, 0.2) is 5.82 Å². The number of pyridine rings is 1. The maximum absolute atomic E-state index is 12.9. The van der Waals surface area contributed by atoms with Gasteiger partial charge in [0, 0.05) is 17.5 Å². The summed E-state index contributed by atoms with van der Waals surface area (Å²) < 4.78 is 5.25. The first kappa shape index (κ1) is 23.8. The number of benzene rings is 1. The topological polar surface area (TPSA) is 110 Å². The Balaban J connectivity index is 1.19. The number of anilines is 1. The summed E-state index contributed by atoms with van der Waals surface area (Å²) in [5.74, 6) is 1.02. The van der Waals surface area contributed by atoms with Crippen LogP contribution in [0, 0.1) is 11.3 Å². The highest BCUT2D eigenvalue weighted by Gasteiger charge is 2.65. The molecule has 6 rings (SSSR count). The van der Waals surface area contributed by atoms with Gasteiger partial charge in [0.25, 0.3) is 0 Å². The predicted molar refractivity (Wildman–Crippen MR) is 139 cm³/mol. The Morgan fingerprint density at radius 3 is 2.62 bits per heavy atom. The van der Waals surface area contributed by atoms with Crippen molar-refractivity contribution in [1.29, 1.82) is 0 Å². The molecule has 0 radical (unpaired) electrons. The molecule has 2 saturated carbocycles. The third kappa shape index (κ3) is 4.77. The maximum Gasteiger partial charge on any atom is 0.315 e. The number of hydrogen-bond donors (Lipinski definition) is 2. The number of rotatable bonds is 5. The molecule has 2 aromatic heterocycles. The van der Waals surface area contributed by atoms with Crippen LogP contribution in [0.3, 0.4) is 0 Å². The Bertz CT molecular complexity index is 1370. The van der Waals surface area contributed by atoms with Crippen LogP contribution >= 0.6 is 0 Å². The van der Waals surface area contributed by atoms with Gasteiger partial charge >= 0.3 is 11.8 Å². The lowest BCUT2D eigenvalue weighted by Gasteiger charge is -2.19. The van der Waals surface area contributed by atoms with E-state index in [0.717, 1.165) is 48.8 Å². The second kappa shape index (κ2) is 8.78. The molecule has 2 amide bonds. The predicted octanol–water partition coefficient (Wildman–Crippen LogP) is 5.37. The molecule has 8 nitrogen and oxygen atoms in total. The molecule has 0 saturated heterocycles. The molecule has 0 bridgehead atoms. The molecule has 3 aliphatic carbocycles. The highest BCUT2D eigenvalue weighted by molar-refractivity contribution is 5.95. The summed E-state index contributed by atoms with van der Waals surface area (Å²) in [6.07, 6.45) is 9.00. The monoisotopic (exact) mass is 499 g/mol. The number of aryl methyl sites for hydroxylation is 1. The van der Waals surface area contributed by atoms with Gasteiger partial charge in [-0.25, -0.2) is 4.98 Å². The van der Waals surface area contributed by atoms with Crippen LogP contribution in [-0.2, 0) is 16.6 Å². The first-order valence-corrected chi connectivity index (χ1v) is 13.3. The van der Waals surface area contributed by atoms with E-state index in [4.69, 9.17) is 4.52 Å². The molecule has 8 heteroatoms. The van der Waals surface area contributed by atoms with Crippen LogP contribution in [0.15, 0.2) is 41.1 Å². The van der Waals surface area contributed by atoms with Crippen LogP contribution < -0.4 is 10.6 Å². The first-order chi connectivity index (χ1) is 17.7. The molecule has 0 aliphatic heterocycles. The summed E-state index contributed by atoms with van der Waals surface area (Å²) in [5.41, 5.74) is 4.45. The second-order valence-electron chi connectivity index (χ2n) is 11.9. The molecule has 2 atom stereocenters. The average Bonchev–Trinajstić information content (AvgIpc) is 3.76. The molecular weight excluding hydrogens is 466 g/mol. The van der Waals surface area contributed by atoms with Gasteiger partial charge in [0.1, 0.15) is 5.82 Å². The zero-order valence-corrected chi connectivity index (χ0v) is 21.6. The Morgan fingerprint density at radius 2 is 1.89 bits per heavy atom. The molecular formula is C29H33N5O3. The summed E-state index contributed by atoms with van der Waals surface area (Å²) >= 11 is 0. The van der Waals surface area contributed by atoms with Gasteiger partial charge in [-0.2, -0.15) is 4.98 Å². The van der Waals surface area contributed by atoms with Gasteiger partial charge in [-0.15, -0.1) is 0 Å². The standard InChI is InChI=1S/C29H33N5O3/c1-28(2,3)27-33-26(37-34-27)25(36)31-22-7-5-4-6-19-14-17(8-9-20(19)22)18-10-13-30-23(15-18)32-24(35)21-16-29(21)11-12-29/h8-10,13-15,21-22H,4-7,11-12,16H2,1-3H3,(H,31,36)(H,30,32,35)/t21-,22+/m1/s1. The van der Waals surface area contributed by atoms with E-state index in [1.807, 2.05) is 32.9 Å². The van der Waals surface area contributed by atoms with E-state index in [9.17, 15) is 9.59 Å². The van der Waals surface area contributed by atoms with Gasteiger partial charge in [-0.05, 0) is 78.3 Å². The summed E-state index contributed by atoms with van der Waals surface area (Å²) in [4.78, 5) is 34.2. The van der Waals surface area contributed by atoms with Crippen LogP contribution in [0.5, 0.6) is 0 Å². The van der Waals surface area contributed by atoms with Crippen molar-refractivity contribution in [2.24, 2.45) is 11.3 Å². The third-order valence-corrected chi connectivity index (χ3v) is 8.05. The summed E-state index contributed by atoms with van der Waals surface area (Å²) in [7, 11) is 0. The normalized spacial score (nSPS) is 21.6. The number of nitrogens with one attached hydrogen (secondary N) is 2. The Kier molecular flexibility index (Phi) is 5.66. The minimum Gasteiger partial charge on any atom is -0.341 e. The van der Waals surface area contributed by atoms with Gasteiger partial charge < -0.3 is 15.2 Å². The van der Waals surface area contributed by atoms with E-state index in [2.05, 4.69) is 44.0 Å².